The van der Waals surface area contributed by atoms with Gasteiger partial charge in [0.1, 0.15) is 11.4 Å². The minimum absolute atomic E-state index is 0.0883. The van der Waals surface area contributed by atoms with Crippen LogP contribution in [-0.2, 0) is 11.2 Å². The van der Waals surface area contributed by atoms with Gasteiger partial charge in [0.15, 0.2) is 5.78 Å². The van der Waals surface area contributed by atoms with Crippen molar-refractivity contribution in [2.24, 2.45) is 46.3 Å². The molecule has 8 rings (SSSR count). The molecule has 0 aromatic heterocycles. The summed E-state index contributed by atoms with van der Waals surface area (Å²) in [5, 5.41) is 31.0. The Bertz CT molecular complexity index is 1320. The number of aliphatic hydroxyl groups is 2. The van der Waals surface area contributed by atoms with Crippen molar-refractivity contribution < 1.29 is 20.1 Å². The van der Waals surface area contributed by atoms with Gasteiger partial charge in [-0.1, -0.05) is 31.4 Å². The molecule has 7 aliphatic carbocycles. The Morgan fingerprint density at radius 2 is 1.64 bits per heavy atom. The number of phenols is 1. The standard InChI is InChI=1S/C20H26O2.C18H24O2/c1-3-20(22)11-9-18-17-6-4-13-12-14(21)5-7-15(13)16(17)8-10-19(18,20)2;1-18-9-8-14-13-5-3-12(19)10-11(13)2-4-15(14)16(18)6-7-17(18)20/h1,12,15-18,22H,4-11H2,2H3;3,5,10,14-17,19-20H,2,4,6-9H2,1H3/t15-,16+,17+,18-,19-,20?;14-,15-,16+,17+,18+/m01/s1. The van der Waals surface area contributed by atoms with Crippen molar-refractivity contribution in [1.29, 1.82) is 0 Å². The Hall–Kier alpha value is -2.09. The Balaban J connectivity index is 0.000000138. The van der Waals surface area contributed by atoms with E-state index in [-0.39, 0.29) is 16.9 Å². The van der Waals surface area contributed by atoms with Crippen molar-refractivity contribution >= 4 is 5.78 Å². The number of carbonyl (C=O) groups excluding carboxylic acids is 1. The van der Waals surface area contributed by atoms with Crippen LogP contribution in [0.3, 0.4) is 0 Å². The summed E-state index contributed by atoms with van der Waals surface area (Å²) in [5.41, 5.74) is 3.41. The average molecular weight is 571 g/mol. The van der Waals surface area contributed by atoms with Crippen LogP contribution < -0.4 is 0 Å². The highest BCUT2D eigenvalue weighted by Crippen LogP contribution is 2.65. The number of aryl methyl sites for hydroxylation is 1. The van der Waals surface area contributed by atoms with Crippen LogP contribution in [0.5, 0.6) is 5.75 Å². The first kappa shape index (κ1) is 28.7. The average Bonchev–Trinajstić information content (AvgIpc) is 3.44. The molecular formula is C38H50O4. The molecule has 226 valence electrons. The fraction of sp³-hybridized carbons (Fsp3) is 0.711. The van der Waals surface area contributed by atoms with Gasteiger partial charge >= 0.3 is 0 Å². The van der Waals surface area contributed by atoms with E-state index in [9.17, 15) is 20.1 Å². The van der Waals surface area contributed by atoms with Gasteiger partial charge in [0.05, 0.1) is 6.10 Å². The van der Waals surface area contributed by atoms with Crippen LogP contribution in [0.2, 0.25) is 0 Å². The predicted octanol–water partition coefficient (Wildman–Crippen LogP) is 7.10. The van der Waals surface area contributed by atoms with Crippen LogP contribution in [0, 0.1) is 58.7 Å². The topological polar surface area (TPSA) is 77.8 Å². The first-order valence-electron chi connectivity index (χ1n) is 17.0. The zero-order valence-corrected chi connectivity index (χ0v) is 25.7. The smallest absolute Gasteiger partial charge is 0.155 e. The molecule has 1 aromatic carbocycles. The van der Waals surface area contributed by atoms with Gasteiger partial charge < -0.3 is 15.3 Å². The van der Waals surface area contributed by atoms with Gasteiger partial charge in [-0.05, 0) is 160 Å². The van der Waals surface area contributed by atoms with E-state index < -0.39 is 5.60 Å². The third-order valence-electron chi connectivity index (χ3n) is 14.4. The largest absolute Gasteiger partial charge is 0.508 e. The van der Waals surface area contributed by atoms with Gasteiger partial charge in [-0.3, -0.25) is 4.79 Å². The fourth-order valence-electron chi connectivity index (χ4n) is 12.0. The Morgan fingerprint density at radius 1 is 0.833 bits per heavy atom. The number of fused-ring (bicyclic) bond motifs is 10. The lowest BCUT2D eigenvalue weighted by molar-refractivity contribution is -0.116. The summed E-state index contributed by atoms with van der Waals surface area (Å²) in [6.45, 7) is 4.55. The highest BCUT2D eigenvalue weighted by atomic mass is 16.3. The molecule has 0 saturated heterocycles. The second-order valence-electron chi connectivity index (χ2n) is 15.7. The van der Waals surface area contributed by atoms with Gasteiger partial charge in [0.2, 0.25) is 0 Å². The van der Waals surface area contributed by atoms with Crippen LogP contribution in [-0.4, -0.2) is 32.8 Å². The number of terminal acetylenes is 1. The number of hydrogen-bond donors (Lipinski definition) is 3. The summed E-state index contributed by atoms with van der Waals surface area (Å²) < 4.78 is 0. The Labute approximate surface area is 252 Å². The summed E-state index contributed by atoms with van der Waals surface area (Å²) in [6, 6.07) is 5.96. The third kappa shape index (κ3) is 4.20. The maximum Gasteiger partial charge on any atom is 0.155 e. The number of aromatic hydroxyl groups is 1. The minimum Gasteiger partial charge on any atom is -0.508 e. The predicted molar refractivity (Wildman–Crippen MR) is 165 cm³/mol. The molecule has 5 fully saturated rings. The zero-order chi connectivity index (χ0) is 29.4. The van der Waals surface area contributed by atoms with Gasteiger partial charge in [-0.25, -0.2) is 0 Å². The molecule has 3 N–H and O–H groups in total. The molecule has 11 atom stereocenters. The highest BCUT2D eigenvalue weighted by Gasteiger charge is 2.62. The lowest BCUT2D eigenvalue weighted by Crippen LogP contribution is -2.52. The quantitative estimate of drug-likeness (QED) is 0.291. The van der Waals surface area contributed by atoms with E-state index in [0.29, 0.717) is 47.0 Å². The van der Waals surface area contributed by atoms with Crippen molar-refractivity contribution in [2.45, 2.75) is 121 Å². The summed E-state index contributed by atoms with van der Waals surface area (Å²) in [5.74, 6) is 8.15. The van der Waals surface area contributed by atoms with Crippen LogP contribution in [0.25, 0.3) is 0 Å². The lowest BCUT2D eigenvalue weighted by Gasteiger charge is -2.54. The molecule has 1 aromatic rings. The molecule has 0 heterocycles. The second-order valence-corrected chi connectivity index (χ2v) is 15.7. The Morgan fingerprint density at radius 3 is 2.45 bits per heavy atom. The first-order valence-corrected chi connectivity index (χ1v) is 17.0. The number of allylic oxidation sites excluding steroid dienone is 1. The van der Waals surface area contributed by atoms with E-state index in [0.717, 1.165) is 70.1 Å². The van der Waals surface area contributed by atoms with Crippen LogP contribution in [0.1, 0.15) is 114 Å². The summed E-state index contributed by atoms with van der Waals surface area (Å²) >= 11 is 0. The Kier molecular flexibility index (Phi) is 6.99. The molecule has 0 radical (unpaired) electrons. The number of aliphatic hydroxyl groups excluding tert-OH is 1. The van der Waals surface area contributed by atoms with Crippen molar-refractivity contribution in [3.8, 4) is 18.1 Å². The lowest BCUT2D eigenvalue weighted by atomic mass is 9.50. The minimum atomic E-state index is -0.902. The van der Waals surface area contributed by atoms with E-state index in [4.69, 9.17) is 6.42 Å². The van der Waals surface area contributed by atoms with Gasteiger partial charge in [-0.2, -0.15) is 0 Å². The van der Waals surface area contributed by atoms with Gasteiger partial charge in [0, 0.05) is 11.8 Å². The van der Waals surface area contributed by atoms with E-state index in [2.05, 4.69) is 25.8 Å². The zero-order valence-electron chi connectivity index (χ0n) is 25.7. The van der Waals surface area contributed by atoms with Crippen molar-refractivity contribution in [3.05, 3.63) is 41.0 Å². The van der Waals surface area contributed by atoms with Crippen molar-refractivity contribution in [1.82, 2.24) is 0 Å². The number of ketones is 1. The normalized spacial score (nSPS) is 46.7. The fourth-order valence-corrected chi connectivity index (χ4v) is 12.0. The third-order valence-corrected chi connectivity index (χ3v) is 14.4. The molecule has 42 heavy (non-hydrogen) atoms. The van der Waals surface area contributed by atoms with E-state index in [1.165, 1.54) is 42.4 Å². The summed E-state index contributed by atoms with van der Waals surface area (Å²) in [7, 11) is 0. The second kappa shape index (κ2) is 10.2. The molecule has 4 nitrogen and oxygen atoms in total. The number of carbonyl (C=O) groups is 1. The van der Waals surface area contributed by atoms with Crippen molar-refractivity contribution in [2.75, 3.05) is 0 Å². The molecule has 4 heteroatoms. The number of phenolic OH excluding ortho intramolecular Hbond substituents is 1. The summed E-state index contributed by atoms with van der Waals surface area (Å²) in [6.07, 6.45) is 22.5. The number of benzene rings is 1. The van der Waals surface area contributed by atoms with Gasteiger partial charge in [-0.15, -0.1) is 6.42 Å². The maximum atomic E-state index is 11.7. The van der Waals surface area contributed by atoms with E-state index in [1.807, 2.05) is 18.2 Å². The van der Waals surface area contributed by atoms with E-state index in [1.54, 1.807) is 0 Å². The van der Waals surface area contributed by atoms with E-state index >= 15 is 0 Å². The monoisotopic (exact) mass is 570 g/mol. The molecule has 0 spiro atoms. The van der Waals surface area contributed by atoms with Crippen LogP contribution in [0.4, 0.5) is 0 Å². The van der Waals surface area contributed by atoms with Crippen molar-refractivity contribution in [3.63, 3.8) is 0 Å². The maximum absolute atomic E-state index is 11.7. The SMILES string of the molecule is C#CC1(O)CC[C@H]2[C@@H]3CCC4=CC(=O)CC[C@@H]4[C@H]3CC[C@@]21C.C[C@]12CC[C@@H]3c4ccc(O)cc4CC[C@H]3[C@@H]1CC[C@@H]2O. The number of rotatable bonds is 0. The molecule has 1 unspecified atom stereocenters. The van der Waals surface area contributed by atoms with Crippen LogP contribution >= 0.6 is 0 Å². The first-order chi connectivity index (χ1) is 20.1. The van der Waals surface area contributed by atoms with Gasteiger partial charge in [0.25, 0.3) is 0 Å². The molecule has 7 aliphatic rings. The highest BCUT2D eigenvalue weighted by molar-refractivity contribution is 5.91. The summed E-state index contributed by atoms with van der Waals surface area (Å²) in [4.78, 5) is 11.7. The molecular weight excluding hydrogens is 520 g/mol. The molecule has 5 saturated carbocycles. The molecule has 0 amide bonds. The molecule has 0 bridgehead atoms. The molecule has 0 aliphatic heterocycles. The van der Waals surface area contributed by atoms with Crippen LogP contribution in [0.15, 0.2) is 29.8 Å². The number of hydrogen-bond acceptors (Lipinski definition) is 4.